The van der Waals surface area contributed by atoms with Gasteiger partial charge in [0.2, 0.25) is 5.95 Å². The number of aromatic nitrogens is 4. The van der Waals surface area contributed by atoms with E-state index in [9.17, 15) is 4.79 Å². The van der Waals surface area contributed by atoms with Gasteiger partial charge >= 0.3 is 0 Å². The highest BCUT2D eigenvalue weighted by molar-refractivity contribution is 5.80. The lowest BCUT2D eigenvalue weighted by Gasteiger charge is -2.04. The number of hydrazone groups is 1. The Morgan fingerprint density at radius 2 is 2.08 bits per heavy atom. The highest BCUT2D eigenvalue weighted by Gasteiger charge is 2.05. The zero-order valence-corrected chi connectivity index (χ0v) is 13.7. The quantitative estimate of drug-likeness (QED) is 0.519. The van der Waals surface area contributed by atoms with Crippen LogP contribution in [0.15, 0.2) is 44.9 Å². The van der Waals surface area contributed by atoms with Crippen molar-refractivity contribution in [2.75, 3.05) is 5.43 Å². The standard InChI is InChI=1S/C16H16N6O3/c1-10-7-15(23)19-16(18-10)20-17-8-12-3-5-13(6-4-12)24-9-14-11(2)21-25-22-14/h3-8H,9H2,1-2H3,(H2,18,19,20,23)/b17-8+. The van der Waals surface area contributed by atoms with Crippen LogP contribution in [0, 0.1) is 13.8 Å². The van der Waals surface area contributed by atoms with Crippen molar-refractivity contribution < 1.29 is 9.37 Å². The fourth-order valence-corrected chi connectivity index (χ4v) is 1.98. The van der Waals surface area contributed by atoms with Crippen LogP contribution in [-0.2, 0) is 6.61 Å². The number of hydrogen-bond acceptors (Lipinski definition) is 8. The third-order valence-electron chi connectivity index (χ3n) is 3.26. The van der Waals surface area contributed by atoms with E-state index in [0.717, 1.165) is 5.56 Å². The smallest absolute Gasteiger partial charge is 0.252 e. The van der Waals surface area contributed by atoms with Gasteiger partial charge in [0.1, 0.15) is 23.7 Å². The highest BCUT2D eigenvalue weighted by atomic mass is 16.6. The average molecular weight is 340 g/mol. The molecule has 1 aromatic carbocycles. The van der Waals surface area contributed by atoms with Crippen LogP contribution in [0.5, 0.6) is 5.75 Å². The van der Waals surface area contributed by atoms with Crippen LogP contribution in [0.1, 0.15) is 22.6 Å². The van der Waals surface area contributed by atoms with E-state index in [1.54, 1.807) is 20.1 Å². The Balaban J connectivity index is 1.56. The molecule has 0 radical (unpaired) electrons. The second-order valence-electron chi connectivity index (χ2n) is 5.26. The number of H-pyrrole nitrogens is 1. The molecule has 0 saturated heterocycles. The van der Waals surface area contributed by atoms with E-state index in [-0.39, 0.29) is 18.1 Å². The second kappa shape index (κ2) is 7.39. The first-order valence-corrected chi connectivity index (χ1v) is 7.48. The third-order valence-corrected chi connectivity index (χ3v) is 3.26. The van der Waals surface area contributed by atoms with E-state index in [1.807, 2.05) is 24.3 Å². The number of rotatable bonds is 6. The fourth-order valence-electron chi connectivity index (χ4n) is 1.98. The summed E-state index contributed by atoms with van der Waals surface area (Å²) in [5, 5.41) is 11.5. The molecule has 2 heterocycles. The Labute approximate surface area is 142 Å². The molecule has 0 amide bonds. The molecule has 2 aromatic heterocycles. The molecular weight excluding hydrogens is 324 g/mol. The molecule has 0 fully saturated rings. The number of benzene rings is 1. The molecule has 128 valence electrons. The summed E-state index contributed by atoms with van der Waals surface area (Å²) in [6, 6.07) is 8.74. The molecule has 25 heavy (non-hydrogen) atoms. The van der Waals surface area contributed by atoms with Gasteiger partial charge in [-0.2, -0.15) is 5.10 Å². The predicted molar refractivity (Wildman–Crippen MR) is 90.6 cm³/mol. The monoisotopic (exact) mass is 340 g/mol. The van der Waals surface area contributed by atoms with Crippen LogP contribution in [-0.4, -0.2) is 26.5 Å². The summed E-state index contributed by atoms with van der Waals surface area (Å²) in [7, 11) is 0. The van der Waals surface area contributed by atoms with Gasteiger partial charge in [0.25, 0.3) is 5.56 Å². The Hall–Kier alpha value is -3.49. The number of aryl methyl sites for hydroxylation is 2. The van der Waals surface area contributed by atoms with Crippen molar-refractivity contribution >= 4 is 12.2 Å². The van der Waals surface area contributed by atoms with Crippen molar-refractivity contribution in [2.45, 2.75) is 20.5 Å². The lowest BCUT2D eigenvalue weighted by molar-refractivity contribution is 0.270. The van der Waals surface area contributed by atoms with Crippen LogP contribution in [0.4, 0.5) is 5.95 Å². The van der Waals surface area contributed by atoms with Gasteiger partial charge in [0, 0.05) is 11.8 Å². The maximum atomic E-state index is 11.3. The molecule has 0 atom stereocenters. The van der Waals surface area contributed by atoms with E-state index < -0.39 is 0 Å². The van der Waals surface area contributed by atoms with Crippen LogP contribution in [0.2, 0.25) is 0 Å². The molecule has 9 heteroatoms. The lowest BCUT2D eigenvalue weighted by Crippen LogP contribution is -2.10. The minimum atomic E-state index is -0.232. The summed E-state index contributed by atoms with van der Waals surface area (Å²) in [5.74, 6) is 0.981. The Bertz CT molecular complexity index is 930. The molecule has 0 spiro atoms. The number of nitrogens with zero attached hydrogens (tertiary/aromatic N) is 4. The Morgan fingerprint density at radius 1 is 1.28 bits per heavy atom. The zero-order valence-electron chi connectivity index (χ0n) is 13.7. The molecule has 3 rings (SSSR count). The molecule has 3 aromatic rings. The number of ether oxygens (including phenoxy) is 1. The van der Waals surface area contributed by atoms with Crippen molar-refractivity contribution in [1.82, 2.24) is 20.3 Å². The molecular formula is C16H16N6O3. The van der Waals surface area contributed by atoms with Crippen molar-refractivity contribution in [3.63, 3.8) is 0 Å². The summed E-state index contributed by atoms with van der Waals surface area (Å²) in [5.41, 5.74) is 5.29. The zero-order chi connectivity index (χ0) is 17.6. The summed E-state index contributed by atoms with van der Waals surface area (Å²) < 4.78 is 10.2. The van der Waals surface area contributed by atoms with E-state index >= 15 is 0 Å². The van der Waals surface area contributed by atoms with Crippen LogP contribution in [0.3, 0.4) is 0 Å². The average Bonchev–Trinajstić information content (AvgIpc) is 2.98. The fraction of sp³-hybridized carbons (Fsp3) is 0.188. The lowest BCUT2D eigenvalue weighted by atomic mass is 10.2. The van der Waals surface area contributed by atoms with Gasteiger partial charge in [-0.3, -0.25) is 9.78 Å². The number of anilines is 1. The maximum Gasteiger partial charge on any atom is 0.252 e. The predicted octanol–water partition coefficient (Wildman–Crippen LogP) is 1.79. The maximum absolute atomic E-state index is 11.3. The summed E-state index contributed by atoms with van der Waals surface area (Å²) in [6.45, 7) is 3.83. The van der Waals surface area contributed by atoms with Crippen molar-refractivity contribution in [3.05, 3.63) is 63.3 Å². The molecule has 0 bridgehead atoms. The third kappa shape index (κ3) is 4.50. The van der Waals surface area contributed by atoms with E-state index in [1.165, 1.54) is 6.07 Å². The molecule has 0 saturated carbocycles. The largest absolute Gasteiger partial charge is 0.487 e. The SMILES string of the molecule is Cc1cc(=O)[nH]c(N/N=C/c2ccc(OCc3nonc3C)cc2)n1. The van der Waals surface area contributed by atoms with Crippen LogP contribution < -0.4 is 15.7 Å². The summed E-state index contributed by atoms with van der Waals surface area (Å²) >= 11 is 0. The van der Waals surface area contributed by atoms with E-state index in [0.29, 0.717) is 22.8 Å². The highest BCUT2D eigenvalue weighted by Crippen LogP contribution is 2.13. The van der Waals surface area contributed by atoms with Gasteiger partial charge < -0.3 is 4.74 Å². The van der Waals surface area contributed by atoms with E-state index in [4.69, 9.17) is 4.74 Å². The van der Waals surface area contributed by atoms with Gasteiger partial charge in [-0.05, 0) is 43.7 Å². The van der Waals surface area contributed by atoms with Gasteiger partial charge in [-0.25, -0.2) is 15.0 Å². The van der Waals surface area contributed by atoms with Gasteiger partial charge in [-0.1, -0.05) is 10.3 Å². The van der Waals surface area contributed by atoms with Gasteiger partial charge in [0.15, 0.2) is 0 Å². The summed E-state index contributed by atoms with van der Waals surface area (Å²) in [4.78, 5) is 18.0. The first-order valence-electron chi connectivity index (χ1n) is 7.48. The molecule has 0 aliphatic heterocycles. The summed E-state index contributed by atoms with van der Waals surface area (Å²) in [6.07, 6.45) is 1.61. The van der Waals surface area contributed by atoms with Crippen molar-refractivity contribution in [2.24, 2.45) is 5.10 Å². The Morgan fingerprint density at radius 3 is 2.76 bits per heavy atom. The molecule has 9 nitrogen and oxygen atoms in total. The minimum Gasteiger partial charge on any atom is -0.487 e. The Kier molecular flexibility index (Phi) is 4.84. The number of hydrogen-bond donors (Lipinski definition) is 2. The van der Waals surface area contributed by atoms with Gasteiger partial charge in [-0.15, -0.1) is 0 Å². The number of aromatic amines is 1. The molecule has 0 unspecified atom stereocenters. The number of nitrogens with one attached hydrogen (secondary N) is 2. The van der Waals surface area contributed by atoms with Gasteiger partial charge in [0.05, 0.1) is 6.21 Å². The minimum absolute atomic E-state index is 0.232. The van der Waals surface area contributed by atoms with Crippen LogP contribution >= 0.6 is 0 Å². The first-order chi connectivity index (χ1) is 12.1. The van der Waals surface area contributed by atoms with Crippen LogP contribution in [0.25, 0.3) is 0 Å². The second-order valence-corrected chi connectivity index (χ2v) is 5.26. The van der Waals surface area contributed by atoms with E-state index in [2.05, 4.69) is 35.4 Å². The molecule has 2 N–H and O–H groups in total. The van der Waals surface area contributed by atoms with Crippen molar-refractivity contribution in [3.8, 4) is 5.75 Å². The topological polar surface area (TPSA) is 118 Å². The van der Waals surface area contributed by atoms with Crippen molar-refractivity contribution in [1.29, 1.82) is 0 Å². The molecule has 0 aliphatic rings. The molecule has 0 aliphatic carbocycles. The normalized spacial score (nSPS) is 11.0. The first kappa shape index (κ1) is 16.4.